The minimum atomic E-state index is 0.0115. The summed E-state index contributed by atoms with van der Waals surface area (Å²) in [6.45, 7) is 4.11. The summed E-state index contributed by atoms with van der Waals surface area (Å²) in [5.74, 6) is 0.108. The second kappa shape index (κ2) is 5.81. The number of carbonyl (C=O) groups is 1. The molecule has 1 saturated carbocycles. The lowest BCUT2D eigenvalue weighted by atomic mass is 9.95. The third-order valence-corrected chi connectivity index (χ3v) is 2.83. The molecular weight excluding hydrogens is 176 g/mol. The number of hydrogen-bond donors (Lipinski definition) is 2. The maximum Gasteiger partial charge on any atom is 0.224 e. The van der Waals surface area contributed by atoms with E-state index in [1.165, 1.54) is 6.42 Å². The average molecular weight is 196 g/mol. The van der Waals surface area contributed by atoms with Crippen LogP contribution in [-0.4, -0.2) is 18.5 Å². The topological polar surface area (TPSA) is 55.1 Å². The zero-order valence-electron chi connectivity index (χ0n) is 8.67. The molecule has 3 heteroatoms. The predicted molar refractivity (Wildman–Crippen MR) is 57.8 cm³/mol. The molecule has 0 aromatic rings. The Hall–Kier alpha value is -0.830. The zero-order valence-corrected chi connectivity index (χ0v) is 8.67. The highest BCUT2D eigenvalue weighted by atomic mass is 16.1. The average Bonchev–Trinajstić information content (AvgIpc) is 2.39. The van der Waals surface area contributed by atoms with E-state index in [9.17, 15) is 4.79 Å². The molecule has 3 nitrogen and oxygen atoms in total. The summed E-state index contributed by atoms with van der Waals surface area (Å²) in [7, 11) is 0. The molecule has 1 amide bonds. The van der Waals surface area contributed by atoms with Crippen LogP contribution in [-0.2, 0) is 4.79 Å². The van der Waals surface area contributed by atoms with Crippen molar-refractivity contribution in [2.24, 2.45) is 11.7 Å². The van der Waals surface area contributed by atoms with Crippen LogP contribution in [0.3, 0.4) is 0 Å². The molecule has 2 atom stereocenters. The van der Waals surface area contributed by atoms with Crippen LogP contribution in [0, 0.1) is 5.92 Å². The molecule has 1 fully saturated rings. The van der Waals surface area contributed by atoms with Gasteiger partial charge in [0.1, 0.15) is 0 Å². The fraction of sp³-hybridized carbons (Fsp3) is 0.727. The van der Waals surface area contributed by atoms with E-state index >= 15 is 0 Å². The summed E-state index contributed by atoms with van der Waals surface area (Å²) in [6, 6.07) is 0.0438. The van der Waals surface area contributed by atoms with E-state index in [1.807, 2.05) is 0 Å². The first-order chi connectivity index (χ1) is 6.75. The molecule has 0 spiro atoms. The summed E-state index contributed by atoms with van der Waals surface area (Å²) in [4.78, 5) is 11.7. The van der Waals surface area contributed by atoms with Crippen LogP contribution in [0.25, 0.3) is 0 Å². The lowest BCUT2D eigenvalue weighted by Gasteiger charge is -2.19. The summed E-state index contributed by atoms with van der Waals surface area (Å²) < 4.78 is 0. The fourth-order valence-electron chi connectivity index (χ4n) is 1.97. The second-order valence-electron chi connectivity index (χ2n) is 3.94. The summed E-state index contributed by atoms with van der Waals surface area (Å²) in [5, 5.41) is 2.82. The Labute approximate surface area is 85.7 Å². The van der Waals surface area contributed by atoms with Crippen molar-refractivity contribution >= 4 is 5.91 Å². The van der Waals surface area contributed by atoms with Gasteiger partial charge in [-0.15, -0.1) is 6.58 Å². The standard InChI is InChI=1S/C11H20N2O/c1-2-8-13-11(14)9-6-4-3-5-7-10(9)12/h2,9-10H,1,3-8,12H2,(H,13,14). The quantitative estimate of drug-likeness (QED) is 0.526. The zero-order chi connectivity index (χ0) is 10.4. The van der Waals surface area contributed by atoms with Crippen molar-refractivity contribution in [1.82, 2.24) is 5.32 Å². The molecule has 80 valence electrons. The summed E-state index contributed by atoms with van der Waals surface area (Å²) >= 11 is 0. The van der Waals surface area contributed by atoms with Crippen molar-refractivity contribution in [2.75, 3.05) is 6.54 Å². The van der Waals surface area contributed by atoms with Crippen LogP contribution in [0.4, 0.5) is 0 Å². The smallest absolute Gasteiger partial charge is 0.224 e. The van der Waals surface area contributed by atoms with Crippen LogP contribution in [0.5, 0.6) is 0 Å². The number of amides is 1. The number of nitrogens with one attached hydrogen (secondary N) is 1. The first-order valence-electron chi connectivity index (χ1n) is 5.40. The maximum atomic E-state index is 11.7. The minimum absolute atomic E-state index is 0.0115. The van der Waals surface area contributed by atoms with E-state index in [1.54, 1.807) is 6.08 Å². The molecule has 0 aromatic carbocycles. The van der Waals surface area contributed by atoms with Gasteiger partial charge in [0, 0.05) is 12.6 Å². The van der Waals surface area contributed by atoms with Crippen molar-refractivity contribution in [3.05, 3.63) is 12.7 Å². The molecule has 1 aliphatic rings. The van der Waals surface area contributed by atoms with Crippen LogP contribution >= 0.6 is 0 Å². The van der Waals surface area contributed by atoms with Crippen molar-refractivity contribution in [2.45, 2.75) is 38.1 Å². The number of rotatable bonds is 3. The summed E-state index contributed by atoms with van der Waals surface area (Å²) in [5.41, 5.74) is 5.96. The first-order valence-corrected chi connectivity index (χ1v) is 5.40. The first kappa shape index (κ1) is 11.2. The Morgan fingerprint density at radius 1 is 1.43 bits per heavy atom. The number of nitrogens with two attached hydrogens (primary N) is 1. The van der Waals surface area contributed by atoms with Crippen molar-refractivity contribution < 1.29 is 4.79 Å². The molecule has 2 unspecified atom stereocenters. The Morgan fingerprint density at radius 2 is 2.14 bits per heavy atom. The van der Waals surface area contributed by atoms with E-state index < -0.39 is 0 Å². The van der Waals surface area contributed by atoms with Gasteiger partial charge in [-0.3, -0.25) is 4.79 Å². The molecule has 14 heavy (non-hydrogen) atoms. The van der Waals surface area contributed by atoms with Crippen molar-refractivity contribution in [3.8, 4) is 0 Å². The summed E-state index contributed by atoms with van der Waals surface area (Å²) in [6.07, 6.45) is 7.10. The Kier molecular flexibility index (Phi) is 4.66. The van der Waals surface area contributed by atoms with Gasteiger partial charge in [0.15, 0.2) is 0 Å². The van der Waals surface area contributed by atoms with Crippen LogP contribution in [0.1, 0.15) is 32.1 Å². The monoisotopic (exact) mass is 196 g/mol. The lowest BCUT2D eigenvalue weighted by Crippen LogP contribution is -2.41. The van der Waals surface area contributed by atoms with Gasteiger partial charge in [0.05, 0.1) is 5.92 Å². The van der Waals surface area contributed by atoms with Gasteiger partial charge >= 0.3 is 0 Å². The van der Waals surface area contributed by atoms with Crippen molar-refractivity contribution in [1.29, 1.82) is 0 Å². The molecule has 3 N–H and O–H groups in total. The van der Waals surface area contributed by atoms with Crippen molar-refractivity contribution in [3.63, 3.8) is 0 Å². The predicted octanol–water partition coefficient (Wildman–Crippen LogP) is 1.20. The van der Waals surface area contributed by atoms with Crippen LogP contribution in [0.2, 0.25) is 0 Å². The molecule has 0 heterocycles. The highest BCUT2D eigenvalue weighted by Crippen LogP contribution is 2.22. The minimum Gasteiger partial charge on any atom is -0.352 e. The largest absolute Gasteiger partial charge is 0.352 e. The van der Waals surface area contributed by atoms with Gasteiger partial charge < -0.3 is 11.1 Å². The van der Waals surface area contributed by atoms with E-state index in [0.29, 0.717) is 6.54 Å². The van der Waals surface area contributed by atoms with Gasteiger partial charge in [-0.25, -0.2) is 0 Å². The molecule has 0 aromatic heterocycles. The Balaban J connectivity index is 2.45. The van der Waals surface area contributed by atoms with E-state index in [2.05, 4.69) is 11.9 Å². The molecule has 0 aliphatic heterocycles. The molecule has 0 saturated heterocycles. The molecular formula is C11H20N2O. The SMILES string of the molecule is C=CCNC(=O)C1CCCCCC1N. The Morgan fingerprint density at radius 3 is 2.86 bits per heavy atom. The van der Waals surface area contributed by atoms with E-state index in [0.717, 1.165) is 25.7 Å². The maximum absolute atomic E-state index is 11.7. The van der Waals surface area contributed by atoms with Crippen LogP contribution < -0.4 is 11.1 Å². The van der Waals surface area contributed by atoms with Gasteiger partial charge in [-0.2, -0.15) is 0 Å². The fourth-order valence-corrected chi connectivity index (χ4v) is 1.97. The van der Waals surface area contributed by atoms with Crippen LogP contribution in [0.15, 0.2) is 12.7 Å². The van der Waals surface area contributed by atoms with E-state index in [4.69, 9.17) is 5.73 Å². The third-order valence-electron chi connectivity index (χ3n) is 2.83. The number of carbonyl (C=O) groups excluding carboxylic acids is 1. The van der Waals surface area contributed by atoms with Gasteiger partial charge in [-0.05, 0) is 12.8 Å². The van der Waals surface area contributed by atoms with Gasteiger partial charge in [0.2, 0.25) is 5.91 Å². The highest BCUT2D eigenvalue weighted by molar-refractivity contribution is 5.79. The second-order valence-corrected chi connectivity index (χ2v) is 3.94. The van der Waals surface area contributed by atoms with Gasteiger partial charge in [-0.1, -0.05) is 25.3 Å². The Bertz CT molecular complexity index is 203. The lowest BCUT2D eigenvalue weighted by molar-refractivity contribution is -0.125. The highest BCUT2D eigenvalue weighted by Gasteiger charge is 2.26. The normalized spacial score (nSPS) is 27.8. The third kappa shape index (κ3) is 3.14. The molecule has 0 radical (unpaired) electrons. The van der Waals surface area contributed by atoms with E-state index in [-0.39, 0.29) is 17.9 Å². The number of hydrogen-bond acceptors (Lipinski definition) is 2. The van der Waals surface area contributed by atoms with Gasteiger partial charge in [0.25, 0.3) is 0 Å². The molecule has 1 aliphatic carbocycles. The molecule has 0 bridgehead atoms. The molecule has 1 rings (SSSR count).